The average Bonchev–Trinajstić information content (AvgIpc) is 2.47. The normalized spacial score (nSPS) is 25.1. The van der Waals surface area contributed by atoms with Gasteiger partial charge in [0.05, 0.1) is 13.2 Å². The van der Waals surface area contributed by atoms with E-state index in [2.05, 4.69) is 6.92 Å². The molecule has 19 heavy (non-hydrogen) atoms. The van der Waals surface area contributed by atoms with Gasteiger partial charge in [-0.1, -0.05) is 38.7 Å². The Morgan fingerprint density at radius 2 is 2.11 bits per heavy atom. The molecule has 0 bridgehead atoms. The van der Waals surface area contributed by atoms with E-state index in [1.807, 2.05) is 0 Å². The van der Waals surface area contributed by atoms with Gasteiger partial charge in [-0.05, 0) is 36.0 Å². The Bertz CT molecular complexity index is 419. The van der Waals surface area contributed by atoms with Crippen molar-refractivity contribution in [1.82, 2.24) is 0 Å². The summed E-state index contributed by atoms with van der Waals surface area (Å²) < 4.78 is 18.4. The second kappa shape index (κ2) is 6.38. The number of rotatable bonds is 4. The Morgan fingerprint density at radius 1 is 1.37 bits per heavy atom. The number of halogens is 1. The zero-order chi connectivity index (χ0) is 13.8. The van der Waals surface area contributed by atoms with E-state index in [0.29, 0.717) is 5.92 Å². The SMILES string of the molecule is CCC1CCCCC1C(O)c1ccc(F)c(OC)c1. The molecule has 0 saturated heterocycles. The largest absolute Gasteiger partial charge is 0.494 e. The summed E-state index contributed by atoms with van der Waals surface area (Å²) in [7, 11) is 1.45. The second-order valence-electron chi connectivity index (χ2n) is 5.46. The molecule has 1 aromatic carbocycles. The van der Waals surface area contributed by atoms with E-state index < -0.39 is 6.10 Å². The van der Waals surface area contributed by atoms with Gasteiger partial charge >= 0.3 is 0 Å². The number of benzene rings is 1. The van der Waals surface area contributed by atoms with E-state index in [0.717, 1.165) is 18.4 Å². The molecule has 1 saturated carbocycles. The highest BCUT2D eigenvalue weighted by atomic mass is 19.1. The zero-order valence-corrected chi connectivity index (χ0v) is 11.7. The second-order valence-corrected chi connectivity index (χ2v) is 5.46. The first-order valence-electron chi connectivity index (χ1n) is 7.18. The molecule has 2 nitrogen and oxygen atoms in total. The van der Waals surface area contributed by atoms with E-state index in [9.17, 15) is 9.50 Å². The van der Waals surface area contributed by atoms with Crippen LogP contribution in [0.2, 0.25) is 0 Å². The number of aliphatic hydroxyl groups excluding tert-OH is 1. The van der Waals surface area contributed by atoms with Crippen molar-refractivity contribution in [3.05, 3.63) is 29.6 Å². The van der Waals surface area contributed by atoms with Gasteiger partial charge in [0.2, 0.25) is 0 Å². The zero-order valence-electron chi connectivity index (χ0n) is 11.7. The van der Waals surface area contributed by atoms with E-state index >= 15 is 0 Å². The third kappa shape index (κ3) is 3.08. The molecule has 0 radical (unpaired) electrons. The fourth-order valence-electron chi connectivity index (χ4n) is 3.27. The first-order chi connectivity index (χ1) is 9.17. The van der Waals surface area contributed by atoms with Crippen LogP contribution in [0.15, 0.2) is 18.2 Å². The van der Waals surface area contributed by atoms with Gasteiger partial charge < -0.3 is 9.84 Å². The predicted octanol–water partition coefficient (Wildman–Crippen LogP) is 4.08. The van der Waals surface area contributed by atoms with E-state index in [-0.39, 0.29) is 17.5 Å². The lowest BCUT2D eigenvalue weighted by Gasteiger charge is -2.34. The first kappa shape index (κ1) is 14.3. The molecule has 1 N–H and O–H groups in total. The Hall–Kier alpha value is -1.09. The van der Waals surface area contributed by atoms with Crippen LogP contribution in [0.25, 0.3) is 0 Å². The van der Waals surface area contributed by atoms with Crippen LogP contribution < -0.4 is 4.74 Å². The Morgan fingerprint density at radius 3 is 2.79 bits per heavy atom. The van der Waals surface area contributed by atoms with Crippen molar-refractivity contribution in [1.29, 1.82) is 0 Å². The molecule has 1 fully saturated rings. The van der Waals surface area contributed by atoms with Gasteiger partial charge in [0, 0.05) is 0 Å². The molecule has 3 atom stereocenters. The molecular weight excluding hydrogens is 243 g/mol. The number of ether oxygens (including phenoxy) is 1. The van der Waals surface area contributed by atoms with Crippen LogP contribution in [0, 0.1) is 17.7 Å². The third-order valence-electron chi connectivity index (χ3n) is 4.41. The molecule has 106 valence electrons. The van der Waals surface area contributed by atoms with Crippen LogP contribution in [0.5, 0.6) is 5.75 Å². The summed E-state index contributed by atoms with van der Waals surface area (Å²) >= 11 is 0. The number of hydrogen-bond acceptors (Lipinski definition) is 2. The average molecular weight is 266 g/mol. The standard InChI is InChI=1S/C16H23FO2/c1-3-11-6-4-5-7-13(11)16(18)12-8-9-14(17)15(10-12)19-2/h8-11,13,16,18H,3-7H2,1-2H3. The van der Waals surface area contributed by atoms with Crippen LogP contribution in [0.3, 0.4) is 0 Å². The first-order valence-corrected chi connectivity index (χ1v) is 7.18. The fraction of sp³-hybridized carbons (Fsp3) is 0.625. The van der Waals surface area contributed by atoms with Crippen LogP contribution in [0.1, 0.15) is 50.7 Å². The molecule has 1 aliphatic rings. The summed E-state index contributed by atoms with van der Waals surface area (Å²) in [5, 5.41) is 10.6. The van der Waals surface area contributed by atoms with Gasteiger partial charge in [0.15, 0.2) is 11.6 Å². The van der Waals surface area contributed by atoms with E-state index in [1.54, 1.807) is 12.1 Å². The topological polar surface area (TPSA) is 29.5 Å². The van der Waals surface area contributed by atoms with Crippen molar-refractivity contribution >= 4 is 0 Å². The minimum absolute atomic E-state index is 0.209. The monoisotopic (exact) mass is 266 g/mol. The quantitative estimate of drug-likeness (QED) is 0.889. The summed E-state index contributed by atoms with van der Waals surface area (Å²) in [6.45, 7) is 2.18. The van der Waals surface area contributed by atoms with Gasteiger partial charge in [-0.3, -0.25) is 0 Å². The van der Waals surface area contributed by atoms with Crippen molar-refractivity contribution in [2.45, 2.75) is 45.1 Å². The van der Waals surface area contributed by atoms with Crippen molar-refractivity contribution in [3.8, 4) is 5.75 Å². The smallest absolute Gasteiger partial charge is 0.165 e. The lowest BCUT2D eigenvalue weighted by atomic mass is 9.73. The highest BCUT2D eigenvalue weighted by molar-refractivity contribution is 5.31. The molecular formula is C16H23FO2. The summed E-state index contributed by atoms with van der Waals surface area (Å²) in [6.07, 6.45) is 5.26. The van der Waals surface area contributed by atoms with Gasteiger partial charge in [-0.2, -0.15) is 0 Å². The highest BCUT2D eigenvalue weighted by Crippen LogP contribution is 2.40. The lowest BCUT2D eigenvalue weighted by Crippen LogP contribution is -2.25. The Balaban J connectivity index is 2.20. The number of aliphatic hydroxyl groups is 1. The third-order valence-corrected chi connectivity index (χ3v) is 4.41. The molecule has 3 heteroatoms. The highest BCUT2D eigenvalue weighted by Gasteiger charge is 2.30. The summed E-state index contributed by atoms with van der Waals surface area (Å²) in [4.78, 5) is 0. The van der Waals surface area contributed by atoms with Gasteiger partial charge in [0.1, 0.15) is 0 Å². The summed E-state index contributed by atoms with van der Waals surface area (Å²) in [6, 6.07) is 4.67. The molecule has 3 unspecified atom stereocenters. The van der Waals surface area contributed by atoms with Crippen LogP contribution in [0.4, 0.5) is 4.39 Å². The van der Waals surface area contributed by atoms with E-state index in [1.165, 1.54) is 32.4 Å². The molecule has 0 amide bonds. The fourth-order valence-corrected chi connectivity index (χ4v) is 3.27. The minimum atomic E-state index is -0.514. The van der Waals surface area contributed by atoms with Gasteiger partial charge in [0.25, 0.3) is 0 Å². The van der Waals surface area contributed by atoms with Crippen molar-refractivity contribution in [2.24, 2.45) is 11.8 Å². The van der Waals surface area contributed by atoms with Crippen LogP contribution in [-0.2, 0) is 0 Å². The van der Waals surface area contributed by atoms with E-state index in [4.69, 9.17) is 4.74 Å². The maximum absolute atomic E-state index is 13.4. The van der Waals surface area contributed by atoms with Crippen molar-refractivity contribution in [3.63, 3.8) is 0 Å². The lowest BCUT2D eigenvalue weighted by molar-refractivity contribution is 0.0450. The van der Waals surface area contributed by atoms with Crippen LogP contribution >= 0.6 is 0 Å². The molecule has 2 rings (SSSR count). The maximum atomic E-state index is 13.4. The molecule has 0 heterocycles. The van der Waals surface area contributed by atoms with Gasteiger partial charge in [-0.15, -0.1) is 0 Å². The predicted molar refractivity (Wildman–Crippen MR) is 73.7 cm³/mol. The Kier molecular flexibility index (Phi) is 4.81. The molecule has 1 aliphatic carbocycles. The summed E-state index contributed by atoms with van der Waals surface area (Å²) in [5.41, 5.74) is 0.767. The maximum Gasteiger partial charge on any atom is 0.165 e. The molecule has 0 aromatic heterocycles. The molecule has 0 aliphatic heterocycles. The molecule has 0 spiro atoms. The molecule has 1 aromatic rings. The van der Waals surface area contributed by atoms with Crippen molar-refractivity contribution < 1.29 is 14.2 Å². The van der Waals surface area contributed by atoms with Crippen molar-refractivity contribution in [2.75, 3.05) is 7.11 Å². The van der Waals surface area contributed by atoms with Gasteiger partial charge in [-0.25, -0.2) is 4.39 Å². The Labute approximate surface area is 114 Å². The number of methoxy groups -OCH3 is 1. The minimum Gasteiger partial charge on any atom is -0.494 e. The summed E-state index contributed by atoms with van der Waals surface area (Å²) in [5.74, 6) is 0.684. The number of hydrogen-bond donors (Lipinski definition) is 1. The van der Waals surface area contributed by atoms with Crippen LogP contribution in [-0.4, -0.2) is 12.2 Å².